The Kier molecular flexibility index (Phi) is 6.15. The summed E-state index contributed by atoms with van der Waals surface area (Å²) in [6, 6.07) is 27.2. The molecule has 3 rings (SSSR count). The summed E-state index contributed by atoms with van der Waals surface area (Å²) in [4.78, 5) is 0. The van der Waals surface area contributed by atoms with Gasteiger partial charge in [-0.3, -0.25) is 5.32 Å². The molecule has 0 saturated heterocycles. The maximum absolute atomic E-state index is 5.34. The van der Waals surface area contributed by atoms with E-state index in [1.807, 2.05) is 30.3 Å². The minimum atomic E-state index is -0.297. The van der Waals surface area contributed by atoms with E-state index in [9.17, 15) is 0 Å². The number of hydrogen-bond donors (Lipinski definition) is 1. The van der Waals surface area contributed by atoms with Crippen LogP contribution in [0.25, 0.3) is 0 Å². The highest BCUT2D eigenvalue weighted by molar-refractivity contribution is 5.43. The lowest BCUT2D eigenvalue weighted by atomic mass is 9.80. The van der Waals surface area contributed by atoms with Crippen molar-refractivity contribution in [1.29, 1.82) is 0 Å². The van der Waals surface area contributed by atoms with Crippen molar-refractivity contribution in [1.82, 2.24) is 5.32 Å². The lowest BCUT2D eigenvalue weighted by Gasteiger charge is -2.36. The molecule has 0 heterocycles. The van der Waals surface area contributed by atoms with E-state index in [0.29, 0.717) is 0 Å². The van der Waals surface area contributed by atoms with Gasteiger partial charge in [-0.15, -0.1) is 0 Å². The van der Waals surface area contributed by atoms with Crippen LogP contribution in [0.2, 0.25) is 0 Å². The second kappa shape index (κ2) is 8.74. The number of methoxy groups -OCH3 is 2. The van der Waals surface area contributed by atoms with Crippen LogP contribution in [0.15, 0.2) is 78.9 Å². The summed E-state index contributed by atoms with van der Waals surface area (Å²) in [5.74, 6) is 1.73. The molecule has 0 amide bonds. The Labute approximate surface area is 162 Å². The zero-order valence-corrected chi connectivity index (χ0v) is 16.2. The molecule has 140 valence electrons. The summed E-state index contributed by atoms with van der Waals surface area (Å²) >= 11 is 0. The third-order valence-corrected chi connectivity index (χ3v) is 5.13. The molecule has 0 aliphatic carbocycles. The topological polar surface area (TPSA) is 30.5 Å². The van der Waals surface area contributed by atoms with Gasteiger partial charge in [0.2, 0.25) is 0 Å². The van der Waals surface area contributed by atoms with Crippen LogP contribution in [0.5, 0.6) is 11.5 Å². The van der Waals surface area contributed by atoms with Crippen LogP contribution in [0, 0.1) is 0 Å². The predicted octanol–water partition coefficient (Wildman–Crippen LogP) is 5.15. The second-order valence-corrected chi connectivity index (χ2v) is 6.56. The van der Waals surface area contributed by atoms with Gasteiger partial charge in [-0.2, -0.15) is 0 Å². The van der Waals surface area contributed by atoms with Crippen molar-refractivity contribution in [2.45, 2.75) is 25.4 Å². The summed E-state index contributed by atoms with van der Waals surface area (Å²) in [5.41, 5.74) is 3.39. The molecule has 3 aromatic rings. The van der Waals surface area contributed by atoms with E-state index in [1.165, 1.54) is 16.7 Å². The smallest absolute Gasteiger partial charge is 0.118 e. The fourth-order valence-corrected chi connectivity index (χ4v) is 3.50. The molecule has 1 N–H and O–H groups in total. The molecular formula is C24H27NO2. The zero-order chi connectivity index (χ0) is 19.1. The van der Waals surface area contributed by atoms with E-state index in [-0.39, 0.29) is 5.54 Å². The van der Waals surface area contributed by atoms with Gasteiger partial charge in [-0.05, 0) is 47.4 Å². The molecular weight excluding hydrogens is 334 g/mol. The van der Waals surface area contributed by atoms with E-state index in [1.54, 1.807) is 14.2 Å². The predicted molar refractivity (Wildman–Crippen MR) is 110 cm³/mol. The zero-order valence-electron chi connectivity index (χ0n) is 16.2. The number of hydrogen-bond acceptors (Lipinski definition) is 3. The van der Waals surface area contributed by atoms with Crippen LogP contribution in [0.1, 0.15) is 30.0 Å². The monoisotopic (exact) mass is 361 g/mol. The van der Waals surface area contributed by atoms with Crippen LogP contribution in [-0.4, -0.2) is 14.2 Å². The molecule has 0 spiro atoms. The molecule has 0 atom stereocenters. The molecule has 0 saturated carbocycles. The van der Waals surface area contributed by atoms with E-state index in [0.717, 1.165) is 24.5 Å². The van der Waals surface area contributed by atoms with Gasteiger partial charge in [0.15, 0.2) is 0 Å². The fourth-order valence-electron chi connectivity index (χ4n) is 3.50. The van der Waals surface area contributed by atoms with Gasteiger partial charge >= 0.3 is 0 Å². The molecule has 0 aliphatic rings. The third kappa shape index (κ3) is 4.15. The van der Waals surface area contributed by atoms with Gasteiger partial charge in [-0.25, -0.2) is 0 Å². The third-order valence-electron chi connectivity index (χ3n) is 5.13. The lowest BCUT2D eigenvalue weighted by molar-refractivity contribution is 0.380. The highest BCUT2D eigenvalue weighted by Gasteiger charge is 2.32. The Morgan fingerprint density at radius 2 is 1.19 bits per heavy atom. The van der Waals surface area contributed by atoms with E-state index in [2.05, 4.69) is 60.8 Å². The SMILES string of the molecule is CCC(NCc1ccccc1)(c1ccc(OC)cc1)c1ccc(OC)cc1. The first-order valence-electron chi connectivity index (χ1n) is 9.30. The molecule has 3 aromatic carbocycles. The molecule has 3 nitrogen and oxygen atoms in total. The average Bonchev–Trinajstić information content (AvgIpc) is 2.76. The Bertz CT molecular complexity index is 779. The molecule has 0 unspecified atom stereocenters. The summed E-state index contributed by atoms with van der Waals surface area (Å²) in [6.45, 7) is 3.00. The van der Waals surface area contributed by atoms with E-state index < -0.39 is 0 Å². The first-order valence-corrected chi connectivity index (χ1v) is 9.30. The highest BCUT2D eigenvalue weighted by Crippen LogP contribution is 2.35. The Morgan fingerprint density at radius 1 is 0.704 bits per heavy atom. The van der Waals surface area contributed by atoms with Gasteiger partial charge in [0.05, 0.1) is 19.8 Å². The van der Waals surface area contributed by atoms with Crippen LogP contribution in [0.4, 0.5) is 0 Å². The highest BCUT2D eigenvalue weighted by atomic mass is 16.5. The molecule has 27 heavy (non-hydrogen) atoms. The molecule has 0 radical (unpaired) electrons. The fraction of sp³-hybridized carbons (Fsp3) is 0.250. The van der Waals surface area contributed by atoms with Crippen molar-refractivity contribution in [2.75, 3.05) is 14.2 Å². The van der Waals surface area contributed by atoms with Gasteiger partial charge in [0.25, 0.3) is 0 Å². The van der Waals surface area contributed by atoms with Crippen LogP contribution < -0.4 is 14.8 Å². The Hall–Kier alpha value is -2.78. The van der Waals surface area contributed by atoms with E-state index >= 15 is 0 Å². The Morgan fingerprint density at radius 3 is 1.59 bits per heavy atom. The van der Waals surface area contributed by atoms with Gasteiger partial charge in [0.1, 0.15) is 11.5 Å². The Balaban J connectivity index is 2.01. The standard InChI is InChI=1S/C24H27NO2/c1-4-24(20-10-14-22(26-2)15-11-20,21-12-16-23(27-3)17-13-21)25-18-19-8-6-5-7-9-19/h5-17,25H,4,18H2,1-3H3. The molecule has 0 fully saturated rings. The minimum absolute atomic E-state index is 0.297. The molecule has 3 heteroatoms. The molecule has 0 aliphatic heterocycles. The quantitative estimate of drug-likeness (QED) is 0.602. The average molecular weight is 361 g/mol. The number of rotatable bonds is 8. The second-order valence-electron chi connectivity index (χ2n) is 6.56. The van der Waals surface area contributed by atoms with Crippen molar-refractivity contribution < 1.29 is 9.47 Å². The van der Waals surface area contributed by atoms with Gasteiger partial charge in [0, 0.05) is 6.54 Å². The van der Waals surface area contributed by atoms with Crippen molar-refractivity contribution in [3.63, 3.8) is 0 Å². The molecule has 0 aromatic heterocycles. The summed E-state index contributed by atoms with van der Waals surface area (Å²) < 4.78 is 10.7. The van der Waals surface area contributed by atoms with Gasteiger partial charge < -0.3 is 9.47 Å². The maximum atomic E-state index is 5.34. The maximum Gasteiger partial charge on any atom is 0.118 e. The normalized spacial score (nSPS) is 11.2. The van der Waals surface area contributed by atoms with Gasteiger partial charge in [-0.1, -0.05) is 61.5 Å². The first kappa shape index (κ1) is 19.0. The van der Waals surface area contributed by atoms with Crippen LogP contribution in [0.3, 0.4) is 0 Å². The largest absolute Gasteiger partial charge is 0.497 e. The number of ether oxygens (including phenoxy) is 2. The van der Waals surface area contributed by atoms with Crippen molar-refractivity contribution in [2.24, 2.45) is 0 Å². The van der Waals surface area contributed by atoms with Crippen molar-refractivity contribution in [3.05, 3.63) is 95.6 Å². The number of benzene rings is 3. The van der Waals surface area contributed by atoms with Crippen LogP contribution >= 0.6 is 0 Å². The summed E-state index contributed by atoms with van der Waals surface area (Å²) in [7, 11) is 3.39. The number of nitrogens with one attached hydrogen (secondary N) is 1. The summed E-state index contributed by atoms with van der Waals surface area (Å²) in [6.07, 6.45) is 0.915. The molecule has 0 bridgehead atoms. The van der Waals surface area contributed by atoms with Crippen molar-refractivity contribution in [3.8, 4) is 11.5 Å². The minimum Gasteiger partial charge on any atom is -0.497 e. The lowest BCUT2D eigenvalue weighted by Crippen LogP contribution is -2.42. The summed E-state index contributed by atoms with van der Waals surface area (Å²) in [5, 5.41) is 3.83. The first-order chi connectivity index (χ1) is 13.2. The van der Waals surface area contributed by atoms with Crippen LogP contribution in [-0.2, 0) is 12.1 Å². The van der Waals surface area contributed by atoms with E-state index in [4.69, 9.17) is 9.47 Å². The van der Waals surface area contributed by atoms with Crippen molar-refractivity contribution >= 4 is 0 Å².